The van der Waals surface area contributed by atoms with Crippen LogP contribution in [0.3, 0.4) is 0 Å². The molecule has 1 aromatic heterocycles. The molecule has 0 spiro atoms. The highest BCUT2D eigenvalue weighted by atomic mass is 79.9. The highest BCUT2D eigenvalue weighted by Gasteiger charge is 2.40. The van der Waals surface area contributed by atoms with E-state index in [4.69, 9.17) is 5.73 Å². The van der Waals surface area contributed by atoms with Crippen LogP contribution in [-0.2, 0) is 0 Å². The topological polar surface area (TPSA) is 42.1 Å². The van der Waals surface area contributed by atoms with Crippen LogP contribution in [0.2, 0.25) is 0 Å². The van der Waals surface area contributed by atoms with Crippen molar-refractivity contribution >= 4 is 31.9 Å². The molecule has 1 saturated carbocycles. The van der Waals surface area contributed by atoms with Crippen molar-refractivity contribution in [1.29, 1.82) is 0 Å². The van der Waals surface area contributed by atoms with Gasteiger partial charge in [-0.05, 0) is 70.2 Å². The van der Waals surface area contributed by atoms with Crippen LogP contribution in [0.15, 0.2) is 21.2 Å². The summed E-state index contributed by atoms with van der Waals surface area (Å²) in [6, 6.07) is 3.27. The predicted molar refractivity (Wildman–Crippen MR) is 79.3 cm³/mol. The number of rotatable bonds is 2. The molecule has 2 N–H and O–H groups in total. The normalized spacial score (nSPS) is 29.5. The van der Waals surface area contributed by atoms with Crippen molar-refractivity contribution in [1.82, 2.24) is 9.88 Å². The first-order valence-corrected chi connectivity index (χ1v) is 8.07. The van der Waals surface area contributed by atoms with Gasteiger partial charge in [0.1, 0.15) is 0 Å². The summed E-state index contributed by atoms with van der Waals surface area (Å²) >= 11 is 7.09. The largest absolute Gasteiger partial charge is 0.326 e. The molecule has 3 nitrogen and oxygen atoms in total. The van der Waals surface area contributed by atoms with Crippen molar-refractivity contribution in [3.05, 3.63) is 26.9 Å². The Morgan fingerprint density at radius 1 is 1.28 bits per heavy atom. The Balaban J connectivity index is 1.94. The summed E-state index contributed by atoms with van der Waals surface area (Å²) in [6.45, 7) is 1.16. The second-order valence-electron chi connectivity index (χ2n) is 5.24. The molecule has 5 heteroatoms. The number of hydrogen-bond acceptors (Lipinski definition) is 3. The van der Waals surface area contributed by atoms with Crippen molar-refractivity contribution in [2.24, 2.45) is 5.73 Å². The molecule has 2 unspecified atom stereocenters. The summed E-state index contributed by atoms with van der Waals surface area (Å²) in [5.41, 5.74) is 7.45. The Hall–Kier alpha value is 0.0300. The van der Waals surface area contributed by atoms with E-state index < -0.39 is 0 Å². The lowest BCUT2D eigenvalue weighted by molar-refractivity contribution is 0.116. The minimum Gasteiger partial charge on any atom is -0.326 e. The fourth-order valence-corrected chi connectivity index (χ4v) is 4.09. The van der Waals surface area contributed by atoms with Gasteiger partial charge in [-0.3, -0.25) is 9.88 Å². The third-order valence-corrected chi connectivity index (χ3v) is 4.92. The van der Waals surface area contributed by atoms with Crippen LogP contribution in [0, 0.1) is 0 Å². The summed E-state index contributed by atoms with van der Waals surface area (Å²) in [6.07, 6.45) is 6.81. The second-order valence-corrected chi connectivity index (χ2v) is 7.01. The molecule has 0 radical (unpaired) electrons. The maximum Gasteiger partial charge on any atom is 0.0733 e. The number of nitrogens with two attached hydrogens (primary N) is 1. The molecular weight excluding hydrogens is 358 g/mol. The first-order valence-electron chi connectivity index (χ1n) is 6.49. The van der Waals surface area contributed by atoms with Crippen LogP contribution in [0.5, 0.6) is 0 Å². The SMILES string of the molecule is NC1CCCN(C2CC2)C1c1ncc(Br)cc1Br. The molecule has 0 bridgehead atoms. The third kappa shape index (κ3) is 2.50. The van der Waals surface area contributed by atoms with Gasteiger partial charge in [-0.2, -0.15) is 0 Å². The predicted octanol–water partition coefficient (Wildman–Crippen LogP) is 3.23. The van der Waals surface area contributed by atoms with Crippen molar-refractivity contribution in [2.45, 2.75) is 43.8 Å². The smallest absolute Gasteiger partial charge is 0.0733 e. The summed E-state index contributed by atoms with van der Waals surface area (Å²) in [4.78, 5) is 7.16. The third-order valence-electron chi connectivity index (χ3n) is 3.85. The van der Waals surface area contributed by atoms with E-state index in [1.165, 1.54) is 19.3 Å². The highest BCUT2D eigenvalue weighted by molar-refractivity contribution is 9.11. The number of piperidine rings is 1. The molecule has 1 aromatic rings. The van der Waals surface area contributed by atoms with E-state index in [0.29, 0.717) is 0 Å². The maximum atomic E-state index is 6.36. The second kappa shape index (κ2) is 5.19. The molecule has 18 heavy (non-hydrogen) atoms. The lowest BCUT2D eigenvalue weighted by atomic mass is 9.93. The van der Waals surface area contributed by atoms with Crippen LogP contribution in [0.25, 0.3) is 0 Å². The molecule has 3 rings (SSSR count). The summed E-state index contributed by atoms with van der Waals surface area (Å²) in [5, 5.41) is 0. The monoisotopic (exact) mass is 373 g/mol. The van der Waals surface area contributed by atoms with Crippen molar-refractivity contribution in [3.8, 4) is 0 Å². The van der Waals surface area contributed by atoms with E-state index in [0.717, 1.165) is 33.6 Å². The summed E-state index contributed by atoms with van der Waals surface area (Å²) in [7, 11) is 0. The van der Waals surface area contributed by atoms with Crippen LogP contribution in [0.4, 0.5) is 0 Å². The van der Waals surface area contributed by atoms with E-state index in [9.17, 15) is 0 Å². The van der Waals surface area contributed by atoms with Gasteiger partial charge in [0.15, 0.2) is 0 Å². The number of pyridine rings is 1. The zero-order valence-electron chi connectivity index (χ0n) is 10.1. The Labute approximate surface area is 124 Å². The molecule has 2 fully saturated rings. The van der Waals surface area contributed by atoms with Crippen molar-refractivity contribution in [2.75, 3.05) is 6.54 Å². The molecule has 1 aliphatic heterocycles. The van der Waals surface area contributed by atoms with E-state index in [1.807, 2.05) is 6.20 Å². The summed E-state index contributed by atoms with van der Waals surface area (Å²) in [5.74, 6) is 0. The van der Waals surface area contributed by atoms with Gasteiger partial charge in [0.25, 0.3) is 0 Å². The van der Waals surface area contributed by atoms with Crippen LogP contribution >= 0.6 is 31.9 Å². The minimum atomic E-state index is 0.198. The first kappa shape index (κ1) is 13.0. The molecule has 2 aliphatic rings. The van der Waals surface area contributed by atoms with Gasteiger partial charge in [0.2, 0.25) is 0 Å². The first-order chi connectivity index (χ1) is 8.66. The van der Waals surface area contributed by atoms with Gasteiger partial charge in [0.05, 0.1) is 11.7 Å². The van der Waals surface area contributed by atoms with E-state index in [-0.39, 0.29) is 12.1 Å². The summed E-state index contributed by atoms with van der Waals surface area (Å²) < 4.78 is 2.06. The lowest BCUT2D eigenvalue weighted by Crippen LogP contribution is -2.47. The number of aromatic nitrogens is 1. The standard InChI is InChI=1S/C13H17Br2N3/c14-8-6-10(15)12(17-7-8)13-11(16)2-1-5-18(13)9-3-4-9/h6-7,9,11,13H,1-5,16H2. The Bertz CT molecular complexity index is 448. The minimum absolute atomic E-state index is 0.198. The molecule has 1 saturated heterocycles. The highest BCUT2D eigenvalue weighted by Crippen LogP contribution is 2.40. The van der Waals surface area contributed by atoms with Gasteiger partial charge < -0.3 is 5.73 Å². The average Bonchev–Trinajstić information content (AvgIpc) is 3.14. The molecule has 0 aromatic carbocycles. The van der Waals surface area contributed by atoms with Gasteiger partial charge >= 0.3 is 0 Å². The van der Waals surface area contributed by atoms with E-state index >= 15 is 0 Å². The van der Waals surface area contributed by atoms with Crippen molar-refractivity contribution < 1.29 is 0 Å². The molecule has 1 aliphatic carbocycles. The van der Waals surface area contributed by atoms with Gasteiger partial charge in [-0.1, -0.05) is 0 Å². The molecule has 2 heterocycles. The molecular formula is C13H17Br2N3. The zero-order chi connectivity index (χ0) is 12.7. The molecule has 98 valence electrons. The Kier molecular flexibility index (Phi) is 3.76. The number of halogens is 2. The number of hydrogen-bond donors (Lipinski definition) is 1. The fourth-order valence-electron chi connectivity index (χ4n) is 2.87. The number of likely N-dealkylation sites (tertiary alicyclic amines) is 1. The van der Waals surface area contributed by atoms with E-state index in [1.54, 1.807) is 0 Å². The zero-order valence-corrected chi connectivity index (χ0v) is 13.3. The number of nitrogens with zero attached hydrogens (tertiary/aromatic N) is 2. The van der Waals surface area contributed by atoms with Crippen LogP contribution in [-0.4, -0.2) is 28.5 Å². The molecule has 2 atom stereocenters. The fraction of sp³-hybridized carbons (Fsp3) is 0.615. The van der Waals surface area contributed by atoms with Crippen LogP contribution in [0.1, 0.15) is 37.4 Å². The van der Waals surface area contributed by atoms with Gasteiger partial charge in [-0.25, -0.2) is 0 Å². The van der Waals surface area contributed by atoms with Gasteiger partial charge in [-0.15, -0.1) is 0 Å². The molecule has 0 amide bonds. The Morgan fingerprint density at radius 3 is 2.72 bits per heavy atom. The van der Waals surface area contributed by atoms with Crippen molar-refractivity contribution in [3.63, 3.8) is 0 Å². The average molecular weight is 375 g/mol. The lowest BCUT2D eigenvalue weighted by Gasteiger charge is -2.40. The van der Waals surface area contributed by atoms with E-state index in [2.05, 4.69) is 47.8 Å². The Morgan fingerprint density at radius 2 is 2.06 bits per heavy atom. The van der Waals surface area contributed by atoms with Crippen LogP contribution < -0.4 is 5.73 Å². The van der Waals surface area contributed by atoms with Gasteiger partial charge in [0, 0.05) is 27.2 Å². The quantitative estimate of drug-likeness (QED) is 0.863. The maximum absolute atomic E-state index is 6.36.